The lowest BCUT2D eigenvalue weighted by molar-refractivity contribution is -0.138. The first-order valence-corrected chi connectivity index (χ1v) is 12.8. The molecule has 6 rings (SSSR count). The van der Waals surface area contributed by atoms with Crippen LogP contribution in [0.3, 0.4) is 0 Å². The number of benzene rings is 1. The normalized spacial score (nSPS) is 22.2. The Bertz CT molecular complexity index is 1380. The van der Waals surface area contributed by atoms with Crippen molar-refractivity contribution in [3.63, 3.8) is 0 Å². The average molecular weight is 530 g/mol. The minimum atomic E-state index is -4.52. The maximum atomic E-state index is 14.3. The zero-order valence-corrected chi connectivity index (χ0v) is 20.8. The number of hydrogen-bond donors (Lipinski definition) is 3. The van der Waals surface area contributed by atoms with Gasteiger partial charge in [-0.2, -0.15) is 13.2 Å². The maximum Gasteiger partial charge on any atom is 0.416 e. The van der Waals surface area contributed by atoms with Gasteiger partial charge in [-0.25, -0.2) is 15.0 Å². The Morgan fingerprint density at radius 3 is 2.58 bits per heavy atom. The Balaban J connectivity index is 1.43. The van der Waals surface area contributed by atoms with Gasteiger partial charge in [0.25, 0.3) is 0 Å². The molecule has 0 unspecified atom stereocenters. The number of hydrogen-bond acceptors (Lipinski definition) is 8. The molecule has 38 heavy (non-hydrogen) atoms. The number of fused-ring (bicyclic) bond motifs is 1. The summed E-state index contributed by atoms with van der Waals surface area (Å²) in [5.74, 6) is -0.00232. The third kappa shape index (κ3) is 4.53. The summed E-state index contributed by atoms with van der Waals surface area (Å²) in [6, 6.07) is 2.83. The Morgan fingerprint density at radius 1 is 1.11 bits per heavy atom. The van der Waals surface area contributed by atoms with Gasteiger partial charge in [0, 0.05) is 36.9 Å². The molecule has 0 bridgehead atoms. The van der Waals surface area contributed by atoms with Gasteiger partial charge in [-0.3, -0.25) is 9.69 Å². The molecule has 1 amide bonds. The van der Waals surface area contributed by atoms with Crippen LogP contribution in [0.1, 0.15) is 42.4 Å². The van der Waals surface area contributed by atoms with Crippen LogP contribution in [0.25, 0.3) is 11.2 Å². The number of rotatable bonds is 7. The van der Waals surface area contributed by atoms with E-state index in [4.69, 9.17) is 11.5 Å². The Hall–Kier alpha value is -3.45. The molecular formula is C25H30F3N9O. The molecule has 1 aromatic carbocycles. The van der Waals surface area contributed by atoms with Crippen LogP contribution in [0.5, 0.6) is 0 Å². The van der Waals surface area contributed by atoms with Gasteiger partial charge in [0.15, 0.2) is 11.5 Å². The highest BCUT2D eigenvalue weighted by Crippen LogP contribution is 2.40. The predicted octanol–water partition coefficient (Wildman–Crippen LogP) is 1.87. The number of nitrogens with zero attached hydrogens (tertiary/aromatic N) is 6. The predicted molar refractivity (Wildman–Crippen MR) is 135 cm³/mol. The standard InChI is InChI=1S/C25H30F3N9O/c26-25(27,28)18-4-5-19(36-9-6-24(30,12-36)23(38)34-15-2-3-15)17(16(18)10-35-7-1-8-35)11-37-14-33-20-21(29)31-13-32-22(20)37/h4-5,13-15H,1-3,6-12,30H2,(H,34,38)(H2,29,31,32)/t24-/m1/s1. The van der Waals surface area contributed by atoms with E-state index in [0.29, 0.717) is 35.4 Å². The summed E-state index contributed by atoms with van der Waals surface area (Å²) in [5.41, 5.74) is 12.9. The van der Waals surface area contributed by atoms with Crippen LogP contribution in [-0.4, -0.2) is 68.1 Å². The first kappa shape index (κ1) is 24.9. The minimum Gasteiger partial charge on any atom is -0.382 e. The molecule has 0 radical (unpaired) electrons. The molecule has 13 heteroatoms. The first-order valence-electron chi connectivity index (χ1n) is 12.8. The molecule has 5 N–H and O–H groups in total. The molecule has 1 saturated carbocycles. The van der Waals surface area contributed by atoms with Gasteiger partial charge in [-0.15, -0.1) is 0 Å². The van der Waals surface area contributed by atoms with Gasteiger partial charge < -0.3 is 26.3 Å². The van der Waals surface area contributed by atoms with E-state index in [2.05, 4.69) is 20.3 Å². The number of halogens is 3. The molecule has 0 spiro atoms. The molecule has 1 aliphatic carbocycles. The molecule has 2 saturated heterocycles. The van der Waals surface area contributed by atoms with Gasteiger partial charge in [0.2, 0.25) is 5.91 Å². The summed E-state index contributed by atoms with van der Waals surface area (Å²) in [7, 11) is 0. The minimum absolute atomic E-state index is 0.0950. The second-order valence-corrected chi connectivity index (χ2v) is 10.6. The number of imidazole rings is 1. The van der Waals surface area contributed by atoms with Crippen LogP contribution < -0.4 is 21.7 Å². The van der Waals surface area contributed by atoms with E-state index in [1.807, 2.05) is 9.80 Å². The third-order valence-corrected chi connectivity index (χ3v) is 7.81. The number of nitrogen functional groups attached to an aromatic ring is 1. The van der Waals surface area contributed by atoms with Crippen LogP contribution in [0.15, 0.2) is 24.8 Å². The largest absolute Gasteiger partial charge is 0.416 e. The molecule has 3 aromatic rings. The van der Waals surface area contributed by atoms with Gasteiger partial charge >= 0.3 is 6.18 Å². The van der Waals surface area contributed by atoms with Crippen molar-refractivity contribution in [2.24, 2.45) is 5.73 Å². The fraction of sp³-hybridized carbons (Fsp3) is 0.520. The number of amides is 1. The number of carbonyl (C=O) groups is 1. The zero-order valence-electron chi connectivity index (χ0n) is 20.8. The van der Waals surface area contributed by atoms with Crippen molar-refractivity contribution in [1.82, 2.24) is 29.7 Å². The van der Waals surface area contributed by atoms with Crippen LogP contribution in [0.2, 0.25) is 0 Å². The number of aromatic nitrogens is 4. The summed E-state index contributed by atoms with van der Waals surface area (Å²) >= 11 is 0. The third-order valence-electron chi connectivity index (χ3n) is 7.81. The lowest BCUT2D eigenvalue weighted by atomic mass is 9.95. The summed E-state index contributed by atoms with van der Waals surface area (Å²) in [6.07, 6.45) is 1.56. The number of carbonyl (C=O) groups excluding carboxylic acids is 1. The highest BCUT2D eigenvalue weighted by Gasteiger charge is 2.44. The van der Waals surface area contributed by atoms with Crippen molar-refractivity contribution < 1.29 is 18.0 Å². The summed E-state index contributed by atoms with van der Waals surface area (Å²) in [4.78, 5) is 29.4. The number of anilines is 2. The quantitative estimate of drug-likeness (QED) is 0.423. The van der Waals surface area contributed by atoms with E-state index < -0.39 is 17.3 Å². The lowest BCUT2D eigenvalue weighted by Crippen LogP contribution is -2.56. The lowest BCUT2D eigenvalue weighted by Gasteiger charge is -2.34. The summed E-state index contributed by atoms with van der Waals surface area (Å²) in [6.45, 7) is 2.43. The van der Waals surface area contributed by atoms with Crippen LogP contribution >= 0.6 is 0 Å². The summed E-state index contributed by atoms with van der Waals surface area (Å²) in [5, 5.41) is 2.98. The van der Waals surface area contributed by atoms with E-state index in [-0.39, 0.29) is 43.0 Å². The fourth-order valence-electron chi connectivity index (χ4n) is 5.33. The first-order chi connectivity index (χ1) is 18.1. The van der Waals surface area contributed by atoms with Crippen molar-refractivity contribution in [2.75, 3.05) is 36.8 Å². The van der Waals surface area contributed by atoms with Gasteiger partial charge in [-0.05, 0) is 56.5 Å². The second kappa shape index (κ2) is 9.09. The number of alkyl halides is 3. The van der Waals surface area contributed by atoms with E-state index in [0.717, 1.165) is 38.4 Å². The molecule has 4 heterocycles. The number of likely N-dealkylation sites (tertiary alicyclic amines) is 1. The molecular weight excluding hydrogens is 499 g/mol. The number of nitrogens with two attached hydrogens (primary N) is 2. The van der Waals surface area contributed by atoms with Gasteiger partial charge in [-0.1, -0.05) is 0 Å². The van der Waals surface area contributed by atoms with E-state index >= 15 is 0 Å². The van der Waals surface area contributed by atoms with Gasteiger partial charge in [0.1, 0.15) is 17.4 Å². The Morgan fingerprint density at radius 2 is 1.89 bits per heavy atom. The SMILES string of the molecule is Nc1ncnc2c1ncn2Cc1c(N2CC[C@](N)(C(=O)NC3CC3)C2)ccc(C(F)(F)F)c1CN1CCC1. The topological polar surface area (TPSA) is 131 Å². The fourth-order valence-corrected chi connectivity index (χ4v) is 5.33. The van der Waals surface area contributed by atoms with E-state index in [9.17, 15) is 18.0 Å². The van der Waals surface area contributed by atoms with Gasteiger partial charge in [0.05, 0.1) is 18.4 Å². The van der Waals surface area contributed by atoms with E-state index in [1.165, 1.54) is 18.7 Å². The Kier molecular flexibility index (Phi) is 5.94. The molecule has 3 aliphatic rings. The van der Waals surface area contributed by atoms with Crippen LogP contribution in [0.4, 0.5) is 24.7 Å². The zero-order chi connectivity index (χ0) is 26.7. The van der Waals surface area contributed by atoms with Crippen molar-refractivity contribution in [3.05, 3.63) is 41.5 Å². The molecule has 1 atom stereocenters. The Labute approximate surface area is 217 Å². The highest BCUT2D eigenvalue weighted by molar-refractivity contribution is 5.88. The smallest absolute Gasteiger partial charge is 0.382 e. The van der Waals surface area contributed by atoms with Crippen LogP contribution in [0, 0.1) is 0 Å². The molecule has 10 nitrogen and oxygen atoms in total. The van der Waals surface area contributed by atoms with Crippen LogP contribution in [-0.2, 0) is 24.1 Å². The van der Waals surface area contributed by atoms with Crippen molar-refractivity contribution in [3.8, 4) is 0 Å². The summed E-state index contributed by atoms with van der Waals surface area (Å²) < 4.78 is 44.6. The highest BCUT2D eigenvalue weighted by atomic mass is 19.4. The molecule has 3 fully saturated rings. The van der Waals surface area contributed by atoms with Crippen molar-refractivity contribution in [2.45, 2.75) is 56.5 Å². The van der Waals surface area contributed by atoms with E-state index in [1.54, 1.807) is 4.57 Å². The van der Waals surface area contributed by atoms with Crippen molar-refractivity contribution in [1.29, 1.82) is 0 Å². The maximum absolute atomic E-state index is 14.3. The monoisotopic (exact) mass is 529 g/mol. The second-order valence-electron chi connectivity index (χ2n) is 10.6. The molecule has 202 valence electrons. The average Bonchev–Trinajstić information content (AvgIpc) is 3.41. The van der Waals surface area contributed by atoms with Crippen molar-refractivity contribution >= 4 is 28.6 Å². The number of nitrogens with one attached hydrogen (secondary N) is 1. The molecule has 2 aliphatic heterocycles. The molecule has 2 aromatic heterocycles.